The van der Waals surface area contributed by atoms with Crippen molar-refractivity contribution in [3.05, 3.63) is 0 Å². The summed E-state index contributed by atoms with van der Waals surface area (Å²) in [7, 11) is 2.56. The fourth-order valence-corrected chi connectivity index (χ4v) is 0.194. The number of isothiocyanates is 1. The van der Waals surface area contributed by atoms with Crippen molar-refractivity contribution < 1.29 is 0 Å². The number of nitrogens with zero attached hydrogens (tertiary/aromatic N) is 1. The Morgan fingerprint density at radius 1 is 1.71 bits per heavy atom. The average molecular weight is 151 g/mol. The van der Waals surface area contributed by atoms with Crippen LogP contribution in [0.3, 0.4) is 0 Å². The molecule has 7 heavy (non-hydrogen) atoms. The summed E-state index contributed by atoms with van der Waals surface area (Å²) >= 11 is 8.12. The summed E-state index contributed by atoms with van der Waals surface area (Å²) in [6, 6.07) is 0. The maximum atomic E-state index is 4.23. The third-order valence-corrected chi connectivity index (χ3v) is 0.352. The Kier molecular flexibility index (Phi) is 23.9. The van der Waals surface area contributed by atoms with Crippen LogP contribution in [0, 0.1) is 0 Å². The van der Waals surface area contributed by atoms with E-state index in [4.69, 9.17) is 0 Å². The molecular formula is C3H6NPS2. The summed E-state index contributed by atoms with van der Waals surface area (Å²) in [6.45, 7) is 2.67. The molecule has 0 aliphatic carbocycles. The van der Waals surface area contributed by atoms with Crippen LogP contribution in [-0.4, -0.2) is 11.7 Å². The smallest absolute Gasteiger partial charge is 0.0584 e. The van der Waals surface area contributed by atoms with Crippen LogP contribution in [0.2, 0.25) is 0 Å². The Hall–Kier alpha value is 0.320. The third-order valence-electron chi connectivity index (χ3n) is 0.223. The first-order valence-electron chi connectivity index (χ1n) is 1.66. The van der Waals surface area contributed by atoms with Crippen molar-refractivity contribution in [3.8, 4) is 0 Å². The molecule has 0 aromatic rings. The Balaban J connectivity index is 0. The Morgan fingerprint density at radius 3 is 2.14 bits per heavy atom. The van der Waals surface area contributed by atoms with E-state index in [0.29, 0.717) is 0 Å². The van der Waals surface area contributed by atoms with Gasteiger partial charge < -0.3 is 0 Å². The number of aliphatic imine (C=N–C) groups is 1. The van der Waals surface area contributed by atoms with E-state index in [9.17, 15) is 0 Å². The van der Waals surface area contributed by atoms with Crippen LogP contribution in [0.4, 0.5) is 0 Å². The number of hydrogen-bond donors (Lipinski definition) is 0. The predicted molar refractivity (Wildman–Crippen MR) is 41.2 cm³/mol. The highest BCUT2D eigenvalue weighted by Gasteiger charge is 1.49. The molecule has 0 amide bonds. The molecule has 0 saturated heterocycles. The van der Waals surface area contributed by atoms with E-state index in [1.807, 2.05) is 6.92 Å². The molecule has 0 atom stereocenters. The van der Waals surface area contributed by atoms with Crippen LogP contribution < -0.4 is 0 Å². The molecule has 0 rings (SSSR count). The third kappa shape index (κ3) is 21.9. The van der Waals surface area contributed by atoms with E-state index >= 15 is 0 Å². The topological polar surface area (TPSA) is 12.4 Å². The maximum Gasteiger partial charge on any atom is 0.0584 e. The lowest BCUT2D eigenvalue weighted by Crippen LogP contribution is -1.57. The van der Waals surface area contributed by atoms with Gasteiger partial charge in [0.25, 0.3) is 0 Å². The lowest BCUT2D eigenvalue weighted by Gasteiger charge is -1.60. The first-order valence-corrected chi connectivity index (χ1v) is 3.70. The molecule has 0 saturated carbocycles. The van der Waals surface area contributed by atoms with Crippen molar-refractivity contribution in [2.75, 3.05) is 6.54 Å². The lowest BCUT2D eigenvalue weighted by molar-refractivity contribution is 1.15. The fraction of sp³-hybridized carbons (Fsp3) is 0.667. The molecule has 0 aliphatic rings. The Bertz CT molecular complexity index is 69.3. The van der Waals surface area contributed by atoms with Gasteiger partial charge in [-0.15, -0.1) is 0 Å². The summed E-state index contributed by atoms with van der Waals surface area (Å²) in [4.78, 5) is 3.54. The van der Waals surface area contributed by atoms with Crippen LogP contribution in [0.5, 0.6) is 0 Å². The van der Waals surface area contributed by atoms with E-state index in [1.54, 1.807) is 0 Å². The molecule has 40 valence electrons. The first-order chi connectivity index (χ1) is 3.41. The van der Waals surface area contributed by atoms with Crippen molar-refractivity contribution >= 4 is 37.2 Å². The largest absolute Gasteiger partial charge is 0.233 e. The minimum atomic E-state index is 0.753. The van der Waals surface area contributed by atoms with Crippen molar-refractivity contribution in [3.63, 3.8) is 0 Å². The van der Waals surface area contributed by atoms with Gasteiger partial charge in [-0.05, 0) is 27.2 Å². The van der Waals surface area contributed by atoms with E-state index < -0.39 is 0 Å². The summed E-state index contributed by atoms with van der Waals surface area (Å²) in [6.07, 6.45) is 0. The molecule has 0 fully saturated rings. The molecule has 0 aromatic heterocycles. The van der Waals surface area contributed by atoms with Gasteiger partial charge >= 0.3 is 0 Å². The molecule has 0 spiro atoms. The fourth-order valence-electron chi connectivity index (χ4n) is 0.0645. The van der Waals surface area contributed by atoms with Gasteiger partial charge in [-0.1, -0.05) is 11.8 Å². The predicted octanol–water partition coefficient (Wildman–Crippen LogP) is 1.70. The van der Waals surface area contributed by atoms with Gasteiger partial charge in [-0.3, -0.25) is 0 Å². The van der Waals surface area contributed by atoms with Crippen molar-refractivity contribution in [1.82, 2.24) is 0 Å². The van der Waals surface area contributed by atoms with E-state index in [1.165, 1.54) is 0 Å². The van der Waals surface area contributed by atoms with Crippen LogP contribution >= 0.6 is 20.2 Å². The van der Waals surface area contributed by atoms with E-state index in [-0.39, 0.29) is 0 Å². The molecular weight excluding hydrogens is 145 g/mol. The summed E-state index contributed by atoms with van der Waals surface area (Å²) in [5.41, 5.74) is 0. The highest BCUT2D eigenvalue weighted by atomic mass is 32.4. The summed E-state index contributed by atoms with van der Waals surface area (Å²) < 4.78 is 0. The van der Waals surface area contributed by atoms with Crippen molar-refractivity contribution in [2.24, 2.45) is 4.99 Å². The van der Waals surface area contributed by atoms with E-state index in [0.717, 1.165) is 6.54 Å². The highest BCUT2D eigenvalue weighted by molar-refractivity contribution is 7.88. The molecule has 1 nitrogen and oxygen atoms in total. The number of hydrogen-bond acceptors (Lipinski definition) is 3. The van der Waals surface area contributed by atoms with E-state index in [2.05, 4.69) is 42.2 Å². The van der Waals surface area contributed by atoms with Crippen LogP contribution in [0.15, 0.2) is 4.99 Å². The summed E-state index contributed by atoms with van der Waals surface area (Å²) in [5.74, 6) is 0. The molecule has 0 bridgehead atoms. The minimum absolute atomic E-state index is 0.753. The van der Waals surface area contributed by atoms with Crippen molar-refractivity contribution in [2.45, 2.75) is 6.92 Å². The zero-order chi connectivity index (χ0) is 6.12. The van der Waals surface area contributed by atoms with Gasteiger partial charge in [0.05, 0.1) is 5.16 Å². The van der Waals surface area contributed by atoms with Gasteiger partial charge in [0.2, 0.25) is 0 Å². The second-order valence-electron chi connectivity index (χ2n) is 0.566. The molecule has 4 heteroatoms. The second-order valence-corrected chi connectivity index (χ2v) is 0.748. The molecule has 0 aliphatic heterocycles. The quantitative estimate of drug-likeness (QED) is 0.321. The lowest BCUT2D eigenvalue weighted by atomic mass is 10.8. The molecule has 0 unspecified atom stereocenters. The highest BCUT2D eigenvalue weighted by Crippen LogP contribution is 1.55. The maximum absolute atomic E-state index is 4.23. The molecule has 0 N–H and O–H groups in total. The minimum Gasteiger partial charge on any atom is -0.233 e. The zero-order valence-corrected chi connectivity index (χ0v) is 6.60. The average Bonchev–Trinajstić information content (AvgIpc) is 1.75. The van der Waals surface area contributed by atoms with Crippen LogP contribution in [-0.2, 0) is 11.8 Å². The first kappa shape index (κ1) is 10.3. The number of thiocarbonyl (C=S) groups is 1. The number of rotatable bonds is 1. The van der Waals surface area contributed by atoms with Crippen LogP contribution in [0.1, 0.15) is 6.92 Å². The summed E-state index contributed by atoms with van der Waals surface area (Å²) in [5, 5.41) is 2.23. The van der Waals surface area contributed by atoms with Gasteiger partial charge in [-0.2, -0.15) is 0 Å². The molecule has 0 heterocycles. The van der Waals surface area contributed by atoms with Crippen molar-refractivity contribution in [1.29, 1.82) is 0 Å². The van der Waals surface area contributed by atoms with Gasteiger partial charge in [0.15, 0.2) is 0 Å². The Labute approximate surface area is 56.1 Å². The van der Waals surface area contributed by atoms with Gasteiger partial charge in [0, 0.05) is 6.54 Å². The normalized spacial score (nSPS) is 4.71. The van der Waals surface area contributed by atoms with Gasteiger partial charge in [0.1, 0.15) is 0 Å². The second kappa shape index (κ2) is 16.2. The Morgan fingerprint density at radius 2 is 2.14 bits per heavy atom. The molecule has 0 aromatic carbocycles. The standard InChI is InChI=1S/C3H5NS.HPS/c1-2-4-3-5;1-2/h2H2,1H3;1H. The SMILES string of the molecule is CCN=C=S.P=S. The molecule has 0 radical (unpaired) electrons. The van der Waals surface area contributed by atoms with Gasteiger partial charge in [-0.25, -0.2) is 4.99 Å². The van der Waals surface area contributed by atoms with Crippen LogP contribution in [0.25, 0.3) is 0 Å². The zero-order valence-electron chi connectivity index (χ0n) is 3.97. The monoisotopic (exact) mass is 151 g/mol.